The maximum Gasteiger partial charge on any atom is 0.318 e. The number of nitrogens with zero attached hydrogens (tertiary/aromatic N) is 4. The number of benzene rings is 1. The summed E-state index contributed by atoms with van der Waals surface area (Å²) < 4.78 is 5.46. The van der Waals surface area contributed by atoms with Gasteiger partial charge >= 0.3 is 6.03 Å². The van der Waals surface area contributed by atoms with Gasteiger partial charge in [-0.3, -0.25) is 0 Å². The first-order chi connectivity index (χ1) is 12.5. The molecule has 0 bridgehead atoms. The Labute approximate surface area is 152 Å². The highest BCUT2D eigenvalue weighted by Crippen LogP contribution is 2.19. The Bertz CT molecular complexity index is 900. The number of urea groups is 1. The maximum atomic E-state index is 12.5. The average molecular weight is 356 g/mol. The lowest BCUT2D eigenvalue weighted by atomic mass is 10.2. The predicted molar refractivity (Wildman–Crippen MR) is 97.5 cm³/mol. The Balaban J connectivity index is 1.68. The molecule has 1 aromatic carbocycles. The summed E-state index contributed by atoms with van der Waals surface area (Å²) in [6, 6.07) is 5.63. The number of hydrogen-bond acceptors (Lipinski definition) is 5. The van der Waals surface area contributed by atoms with Gasteiger partial charge in [0.15, 0.2) is 0 Å². The summed E-state index contributed by atoms with van der Waals surface area (Å²) in [6.07, 6.45) is 1.39. The number of amides is 2. The van der Waals surface area contributed by atoms with Crippen LogP contribution in [-0.2, 0) is 13.0 Å². The lowest BCUT2D eigenvalue weighted by molar-refractivity contribution is 0.196. The maximum absolute atomic E-state index is 12.5. The number of nitrogens with one attached hydrogen (secondary N) is 2. The minimum Gasteiger partial charge on any atom is -0.423 e. The van der Waals surface area contributed by atoms with E-state index in [1.807, 2.05) is 39.0 Å². The molecule has 2 aromatic heterocycles. The van der Waals surface area contributed by atoms with E-state index in [-0.39, 0.29) is 18.6 Å². The summed E-state index contributed by atoms with van der Waals surface area (Å²) in [5.41, 5.74) is 3.03. The number of H-pyrrole nitrogens is 1. The smallest absolute Gasteiger partial charge is 0.318 e. The number of hydrogen-bond donors (Lipinski definition) is 2. The molecule has 1 unspecified atom stereocenters. The van der Waals surface area contributed by atoms with Crippen LogP contribution in [0, 0.1) is 6.92 Å². The number of fused-ring (bicyclic) bond motifs is 1. The second-order valence-electron chi connectivity index (χ2n) is 6.35. The van der Waals surface area contributed by atoms with Gasteiger partial charge in [0.25, 0.3) is 0 Å². The third kappa shape index (κ3) is 3.84. The van der Waals surface area contributed by atoms with E-state index in [0.717, 1.165) is 28.8 Å². The molecule has 0 aliphatic rings. The SMILES string of the molecule is CCc1nnc(CN(C)C(=O)NC(CC)c2nc3ccc(C)cc3[nH]2)o1. The van der Waals surface area contributed by atoms with Gasteiger partial charge in [-0.2, -0.15) is 0 Å². The Morgan fingerprint density at radius 3 is 2.77 bits per heavy atom. The van der Waals surface area contributed by atoms with Crippen LogP contribution in [0.5, 0.6) is 0 Å². The fourth-order valence-electron chi connectivity index (χ4n) is 2.70. The van der Waals surface area contributed by atoms with Crippen LogP contribution in [0.25, 0.3) is 11.0 Å². The molecule has 0 aliphatic heterocycles. The quantitative estimate of drug-likeness (QED) is 0.707. The number of aryl methyl sites for hydroxylation is 2. The highest BCUT2D eigenvalue weighted by atomic mass is 16.4. The fourth-order valence-corrected chi connectivity index (χ4v) is 2.70. The summed E-state index contributed by atoms with van der Waals surface area (Å²) in [5.74, 6) is 1.74. The van der Waals surface area contributed by atoms with Crippen LogP contribution < -0.4 is 5.32 Å². The highest BCUT2D eigenvalue weighted by Gasteiger charge is 2.20. The van der Waals surface area contributed by atoms with Crippen LogP contribution in [0.1, 0.15) is 49.5 Å². The number of carbonyl (C=O) groups excluding carboxylic acids is 1. The van der Waals surface area contributed by atoms with E-state index in [1.165, 1.54) is 4.90 Å². The molecule has 8 nitrogen and oxygen atoms in total. The number of aromatic amines is 1. The third-order valence-electron chi connectivity index (χ3n) is 4.22. The van der Waals surface area contributed by atoms with E-state index >= 15 is 0 Å². The predicted octanol–water partition coefficient (Wildman–Crippen LogP) is 3.11. The molecule has 2 amide bonds. The van der Waals surface area contributed by atoms with Crippen molar-refractivity contribution in [2.45, 2.75) is 46.2 Å². The normalized spacial score (nSPS) is 12.3. The Morgan fingerprint density at radius 1 is 1.31 bits per heavy atom. The van der Waals surface area contributed by atoms with Crippen molar-refractivity contribution in [1.82, 2.24) is 30.4 Å². The first-order valence-corrected chi connectivity index (χ1v) is 8.79. The number of carbonyl (C=O) groups is 1. The highest BCUT2D eigenvalue weighted by molar-refractivity contribution is 5.77. The van der Waals surface area contributed by atoms with Gasteiger partial charge in [0.05, 0.1) is 17.1 Å². The first kappa shape index (κ1) is 17.9. The summed E-state index contributed by atoms with van der Waals surface area (Å²) in [7, 11) is 1.69. The van der Waals surface area contributed by atoms with Crippen LogP contribution in [0.15, 0.2) is 22.6 Å². The van der Waals surface area contributed by atoms with Crippen molar-refractivity contribution in [2.24, 2.45) is 0 Å². The lowest BCUT2D eigenvalue weighted by Crippen LogP contribution is -2.39. The Kier molecular flexibility index (Phi) is 5.20. The molecule has 8 heteroatoms. The second kappa shape index (κ2) is 7.55. The molecule has 3 rings (SSSR count). The summed E-state index contributed by atoms with van der Waals surface area (Å²) in [4.78, 5) is 21.9. The van der Waals surface area contributed by atoms with Gasteiger partial charge in [-0.25, -0.2) is 9.78 Å². The van der Waals surface area contributed by atoms with Crippen molar-refractivity contribution < 1.29 is 9.21 Å². The van der Waals surface area contributed by atoms with E-state index in [4.69, 9.17) is 4.42 Å². The van der Waals surface area contributed by atoms with Gasteiger partial charge in [0.1, 0.15) is 12.4 Å². The second-order valence-corrected chi connectivity index (χ2v) is 6.35. The van der Waals surface area contributed by atoms with E-state index in [1.54, 1.807) is 7.05 Å². The van der Waals surface area contributed by atoms with E-state index in [9.17, 15) is 4.79 Å². The zero-order chi connectivity index (χ0) is 18.7. The van der Waals surface area contributed by atoms with Crippen LogP contribution in [0.4, 0.5) is 4.79 Å². The molecule has 0 fully saturated rings. The molecule has 0 saturated heterocycles. The summed E-state index contributed by atoms with van der Waals surface area (Å²) in [5, 5.41) is 10.9. The molecule has 1 atom stereocenters. The van der Waals surface area contributed by atoms with E-state index in [2.05, 4.69) is 25.5 Å². The Morgan fingerprint density at radius 2 is 2.08 bits per heavy atom. The van der Waals surface area contributed by atoms with E-state index < -0.39 is 0 Å². The zero-order valence-electron chi connectivity index (χ0n) is 15.5. The first-order valence-electron chi connectivity index (χ1n) is 8.79. The van der Waals surface area contributed by atoms with Gasteiger partial charge in [-0.05, 0) is 31.0 Å². The molecule has 0 saturated carbocycles. The molecule has 0 spiro atoms. The third-order valence-corrected chi connectivity index (χ3v) is 4.22. The molecular formula is C18H24N6O2. The average Bonchev–Trinajstić information content (AvgIpc) is 3.25. The number of imidazole rings is 1. The van der Waals surface area contributed by atoms with Gasteiger partial charge in [-0.1, -0.05) is 19.9 Å². The van der Waals surface area contributed by atoms with Crippen LogP contribution in [0.2, 0.25) is 0 Å². The monoisotopic (exact) mass is 356 g/mol. The largest absolute Gasteiger partial charge is 0.423 e. The van der Waals surface area contributed by atoms with Crippen molar-refractivity contribution in [1.29, 1.82) is 0 Å². The van der Waals surface area contributed by atoms with Gasteiger partial charge < -0.3 is 19.6 Å². The van der Waals surface area contributed by atoms with Gasteiger partial charge in [0.2, 0.25) is 11.8 Å². The summed E-state index contributed by atoms with van der Waals surface area (Å²) in [6.45, 7) is 6.24. The van der Waals surface area contributed by atoms with Crippen molar-refractivity contribution in [3.8, 4) is 0 Å². The zero-order valence-corrected chi connectivity index (χ0v) is 15.5. The van der Waals surface area contributed by atoms with Crippen molar-refractivity contribution in [2.75, 3.05) is 7.05 Å². The molecule has 2 N–H and O–H groups in total. The van der Waals surface area contributed by atoms with Gasteiger partial charge in [0, 0.05) is 13.5 Å². The molecule has 0 aliphatic carbocycles. The van der Waals surface area contributed by atoms with Crippen LogP contribution in [0.3, 0.4) is 0 Å². The minimum absolute atomic E-state index is 0.202. The standard InChI is InChI=1S/C18H24N6O2/c1-5-12(17-19-13-8-7-11(3)9-14(13)20-17)21-18(25)24(4)10-16-23-22-15(6-2)26-16/h7-9,12H,5-6,10H2,1-4H3,(H,19,20)(H,21,25). The number of rotatable bonds is 6. The summed E-state index contributed by atoms with van der Waals surface area (Å²) >= 11 is 0. The topological polar surface area (TPSA) is 99.9 Å². The molecule has 26 heavy (non-hydrogen) atoms. The Hall–Kier alpha value is -2.90. The lowest BCUT2D eigenvalue weighted by Gasteiger charge is -2.20. The van der Waals surface area contributed by atoms with Gasteiger partial charge in [-0.15, -0.1) is 10.2 Å². The molecule has 138 valence electrons. The van der Waals surface area contributed by atoms with Crippen molar-refractivity contribution >= 4 is 17.1 Å². The van der Waals surface area contributed by atoms with Crippen molar-refractivity contribution in [3.63, 3.8) is 0 Å². The fraction of sp³-hybridized carbons (Fsp3) is 0.444. The van der Waals surface area contributed by atoms with Crippen molar-refractivity contribution in [3.05, 3.63) is 41.4 Å². The number of aromatic nitrogens is 4. The van der Waals surface area contributed by atoms with Crippen LogP contribution in [-0.4, -0.2) is 38.1 Å². The minimum atomic E-state index is -0.218. The molecule has 2 heterocycles. The molecular weight excluding hydrogens is 332 g/mol. The molecule has 3 aromatic rings. The van der Waals surface area contributed by atoms with Crippen LogP contribution >= 0.6 is 0 Å². The van der Waals surface area contributed by atoms with E-state index in [0.29, 0.717) is 18.2 Å². The molecule has 0 radical (unpaired) electrons.